The van der Waals surface area contributed by atoms with Crippen molar-refractivity contribution in [3.05, 3.63) is 21.9 Å². The van der Waals surface area contributed by atoms with Gasteiger partial charge in [-0.2, -0.15) is 0 Å². The van der Waals surface area contributed by atoms with Crippen LogP contribution in [0.1, 0.15) is 34.5 Å². The molecule has 4 N–H and O–H groups in total. The summed E-state index contributed by atoms with van der Waals surface area (Å²) in [5.41, 5.74) is 11.3. The van der Waals surface area contributed by atoms with E-state index >= 15 is 0 Å². The van der Waals surface area contributed by atoms with E-state index in [4.69, 9.17) is 11.5 Å². The van der Waals surface area contributed by atoms with E-state index in [1.165, 1.54) is 11.3 Å². The lowest BCUT2D eigenvalue weighted by Gasteiger charge is -2.31. The van der Waals surface area contributed by atoms with Crippen molar-refractivity contribution in [1.29, 1.82) is 0 Å². The molecule has 112 valence electrons. The van der Waals surface area contributed by atoms with Gasteiger partial charge in [-0.15, -0.1) is 11.3 Å². The summed E-state index contributed by atoms with van der Waals surface area (Å²) >= 11 is 1.40. The molecule has 1 aromatic rings. The van der Waals surface area contributed by atoms with Gasteiger partial charge in [-0.05, 0) is 30.2 Å². The van der Waals surface area contributed by atoms with Crippen LogP contribution in [0.15, 0.2) is 11.4 Å². The number of hydrogen-bond donors (Lipinski definition) is 2. The Bertz CT molecular complexity index is 577. The van der Waals surface area contributed by atoms with Gasteiger partial charge in [-0.25, -0.2) is 0 Å². The molecule has 1 aliphatic rings. The molecule has 2 amide bonds. The Morgan fingerprint density at radius 2 is 2.10 bits per heavy atom. The van der Waals surface area contributed by atoms with Gasteiger partial charge in [0.05, 0.1) is 6.54 Å². The summed E-state index contributed by atoms with van der Waals surface area (Å²) in [6, 6.07) is 1.85. The van der Waals surface area contributed by atoms with Crippen LogP contribution in [0.25, 0.3) is 0 Å². The van der Waals surface area contributed by atoms with Gasteiger partial charge in [0, 0.05) is 25.1 Å². The predicted molar refractivity (Wildman–Crippen MR) is 82.7 cm³/mol. The summed E-state index contributed by atoms with van der Waals surface area (Å²) in [6.45, 7) is 1.61. The fraction of sp³-hybridized carbons (Fsp3) is 0.467. The average molecular weight is 305 g/mol. The van der Waals surface area contributed by atoms with Crippen LogP contribution in [0.5, 0.6) is 0 Å². The molecular weight excluding hydrogens is 286 g/mol. The van der Waals surface area contributed by atoms with Gasteiger partial charge in [0.15, 0.2) is 0 Å². The minimum absolute atomic E-state index is 0.0175. The minimum Gasteiger partial charge on any atom is -0.370 e. The van der Waals surface area contributed by atoms with E-state index in [2.05, 4.69) is 11.8 Å². The lowest BCUT2D eigenvalue weighted by molar-refractivity contribution is -0.119. The lowest BCUT2D eigenvalue weighted by atomic mass is 9.93. The van der Waals surface area contributed by atoms with E-state index in [1.807, 2.05) is 16.3 Å². The molecule has 2 rings (SSSR count). The first-order valence-electron chi connectivity index (χ1n) is 6.95. The SMILES string of the molecule is NCC#Cc1ccsc1C(=O)N1CCC(CC(N)=O)CC1. The molecule has 0 bridgehead atoms. The first-order chi connectivity index (χ1) is 10.1. The molecule has 1 aliphatic heterocycles. The number of piperidine rings is 1. The largest absolute Gasteiger partial charge is 0.370 e. The number of nitrogens with zero attached hydrogens (tertiary/aromatic N) is 1. The summed E-state index contributed by atoms with van der Waals surface area (Å²) in [5, 5.41) is 1.87. The molecule has 5 nitrogen and oxygen atoms in total. The summed E-state index contributed by atoms with van der Waals surface area (Å²) in [5.74, 6) is 5.76. The van der Waals surface area contributed by atoms with Crippen molar-refractivity contribution in [2.75, 3.05) is 19.6 Å². The first kappa shape index (κ1) is 15.5. The van der Waals surface area contributed by atoms with Crippen LogP contribution in [0.3, 0.4) is 0 Å². The van der Waals surface area contributed by atoms with Crippen LogP contribution in [-0.2, 0) is 4.79 Å². The van der Waals surface area contributed by atoms with Gasteiger partial charge in [0.1, 0.15) is 4.88 Å². The first-order valence-corrected chi connectivity index (χ1v) is 7.83. The van der Waals surface area contributed by atoms with Gasteiger partial charge in [0.25, 0.3) is 5.91 Å². The zero-order valence-corrected chi connectivity index (χ0v) is 12.6. The Kier molecular flexibility index (Phi) is 5.37. The Morgan fingerprint density at radius 1 is 1.38 bits per heavy atom. The van der Waals surface area contributed by atoms with Gasteiger partial charge >= 0.3 is 0 Å². The Balaban J connectivity index is 1.99. The number of primary amides is 1. The molecule has 0 radical (unpaired) electrons. The smallest absolute Gasteiger partial charge is 0.265 e. The topological polar surface area (TPSA) is 89.4 Å². The van der Waals surface area contributed by atoms with Crippen LogP contribution >= 0.6 is 11.3 Å². The number of likely N-dealkylation sites (tertiary alicyclic amines) is 1. The number of rotatable bonds is 3. The van der Waals surface area contributed by atoms with Crippen molar-refractivity contribution in [1.82, 2.24) is 4.90 Å². The van der Waals surface area contributed by atoms with Crippen molar-refractivity contribution in [2.45, 2.75) is 19.3 Å². The molecule has 21 heavy (non-hydrogen) atoms. The fourth-order valence-electron chi connectivity index (χ4n) is 2.49. The van der Waals surface area contributed by atoms with Crippen LogP contribution < -0.4 is 11.5 Å². The van der Waals surface area contributed by atoms with Crippen LogP contribution in [0, 0.1) is 17.8 Å². The third-order valence-electron chi connectivity index (χ3n) is 3.58. The van der Waals surface area contributed by atoms with Crippen LogP contribution in [0.4, 0.5) is 0 Å². The van der Waals surface area contributed by atoms with Crippen LogP contribution in [0.2, 0.25) is 0 Å². The third-order valence-corrected chi connectivity index (χ3v) is 4.48. The molecule has 0 saturated carbocycles. The molecule has 0 aliphatic carbocycles. The minimum atomic E-state index is -0.266. The quantitative estimate of drug-likeness (QED) is 0.809. The van der Waals surface area contributed by atoms with Crippen molar-refractivity contribution in [2.24, 2.45) is 17.4 Å². The average Bonchev–Trinajstić information content (AvgIpc) is 2.93. The molecule has 1 fully saturated rings. The highest BCUT2D eigenvalue weighted by molar-refractivity contribution is 7.12. The fourth-order valence-corrected chi connectivity index (χ4v) is 3.30. The van der Waals surface area contributed by atoms with Crippen molar-refractivity contribution in [3.63, 3.8) is 0 Å². The van der Waals surface area contributed by atoms with Gasteiger partial charge < -0.3 is 16.4 Å². The highest BCUT2D eigenvalue weighted by atomic mass is 32.1. The zero-order valence-electron chi connectivity index (χ0n) is 11.8. The van der Waals surface area contributed by atoms with E-state index in [-0.39, 0.29) is 18.4 Å². The van der Waals surface area contributed by atoms with Crippen LogP contribution in [-0.4, -0.2) is 36.3 Å². The highest BCUT2D eigenvalue weighted by Gasteiger charge is 2.26. The third kappa shape index (κ3) is 4.06. The monoisotopic (exact) mass is 305 g/mol. The van der Waals surface area contributed by atoms with E-state index in [0.717, 1.165) is 18.4 Å². The van der Waals surface area contributed by atoms with E-state index in [0.29, 0.717) is 30.3 Å². The van der Waals surface area contributed by atoms with Gasteiger partial charge in [-0.3, -0.25) is 9.59 Å². The maximum absolute atomic E-state index is 12.5. The molecule has 0 aromatic carbocycles. The maximum atomic E-state index is 12.5. The van der Waals surface area contributed by atoms with E-state index in [1.54, 1.807) is 0 Å². The molecule has 1 saturated heterocycles. The number of carbonyl (C=O) groups is 2. The summed E-state index contributed by atoms with van der Waals surface area (Å²) in [6.07, 6.45) is 2.06. The Morgan fingerprint density at radius 3 is 2.71 bits per heavy atom. The second kappa shape index (κ2) is 7.25. The number of hydrogen-bond acceptors (Lipinski definition) is 4. The molecule has 2 heterocycles. The number of amides is 2. The lowest BCUT2D eigenvalue weighted by Crippen LogP contribution is -2.39. The number of thiophene rings is 1. The molecular formula is C15H19N3O2S. The standard InChI is InChI=1S/C15H19N3O2S/c16-6-1-2-12-5-9-21-14(12)15(20)18-7-3-11(4-8-18)10-13(17)19/h5,9,11H,3-4,6-8,10,16H2,(H2,17,19). The van der Waals surface area contributed by atoms with Crippen molar-refractivity contribution >= 4 is 23.2 Å². The Hall–Kier alpha value is -1.84. The Labute approximate surface area is 128 Å². The molecule has 0 atom stereocenters. The van der Waals surface area contributed by atoms with Crippen molar-refractivity contribution < 1.29 is 9.59 Å². The highest BCUT2D eigenvalue weighted by Crippen LogP contribution is 2.24. The van der Waals surface area contributed by atoms with E-state index in [9.17, 15) is 9.59 Å². The predicted octanol–water partition coefficient (Wildman–Crippen LogP) is 0.786. The van der Waals surface area contributed by atoms with Gasteiger partial charge in [-0.1, -0.05) is 11.8 Å². The summed E-state index contributed by atoms with van der Waals surface area (Å²) < 4.78 is 0. The number of nitrogens with two attached hydrogens (primary N) is 2. The van der Waals surface area contributed by atoms with Crippen molar-refractivity contribution in [3.8, 4) is 11.8 Å². The molecule has 6 heteroatoms. The molecule has 0 spiro atoms. The molecule has 1 aromatic heterocycles. The summed E-state index contributed by atoms with van der Waals surface area (Å²) in [7, 11) is 0. The summed E-state index contributed by atoms with van der Waals surface area (Å²) in [4.78, 5) is 26.0. The molecule has 0 unspecified atom stereocenters. The normalized spacial score (nSPS) is 15.4. The second-order valence-electron chi connectivity index (χ2n) is 5.08. The maximum Gasteiger partial charge on any atom is 0.265 e. The van der Waals surface area contributed by atoms with Gasteiger partial charge in [0.2, 0.25) is 5.91 Å². The zero-order chi connectivity index (χ0) is 15.2. The second-order valence-corrected chi connectivity index (χ2v) is 5.99. The van der Waals surface area contributed by atoms with E-state index < -0.39 is 0 Å². The number of carbonyl (C=O) groups excluding carboxylic acids is 2.